The number of likely N-dealkylation sites (tertiary alicyclic amines) is 1. The molecule has 1 unspecified atom stereocenters. The van der Waals surface area contributed by atoms with Crippen molar-refractivity contribution in [2.75, 3.05) is 20.2 Å². The van der Waals surface area contributed by atoms with Gasteiger partial charge in [0, 0.05) is 19.4 Å². The predicted octanol–water partition coefficient (Wildman–Crippen LogP) is 0.283. The summed E-state index contributed by atoms with van der Waals surface area (Å²) < 4.78 is 4.82. The van der Waals surface area contributed by atoms with E-state index < -0.39 is 12.0 Å². The number of nitrogens with zero attached hydrogens (tertiary/aromatic N) is 1. The van der Waals surface area contributed by atoms with E-state index in [4.69, 9.17) is 10.5 Å². The van der Waals surface area contributed by atoms with Gasteiger partial charge in [-0.1, -0.05) is 12.1 Å². The minimum absolute atomic E-state index is 0.0698. The van der Waals surface area contributed by atoms with Crippen LogP contribution in [0.4, 0.5) is 0 Å². The Balaban J connectivity index is 2.17. The van der Waals surface area contributed by atoms with Crippen LogP contribution in [0.2, 0.25) is 0 Å². The molecular formula is C15H20N2O4. The SMILES string of the molecule is COC(=O)[C@H](Cc1ccc(O)cc1)N1CC(CN)CC1=O. The first kappa shape index (κ1) is 15.3. The molecular weight excluding hydrogens is 272 g/mol. The molecule has 1 aliphatic heterocycles. The van der Waals surface area contributed by atoms with E-state index in [1.807, 2.05) is 0 Å². The maximum atomic E-state index is 12.1. The standard InChI is InChI=1S/C15H20N2O4/c1-21-15(20)13(6-10-2-4-12(18)5-3-10)17-9-11(8-16)7-14(17)19/h2-5,11,13,18H,6-9,16H2,1H3/t11?,13-/m0/s1. The highest BCUT2D eigenvalue weighted by Crippen LogP contribution is 2.22. The van der Waals surface area contributed by atoms with Crippen molar-refractivity contribution in [2.24, 2.45) is 11.7 Å². The lowest BCUT2D eigenvalue weighted by Gasteiger charge is -2.26. The quantitative estimate of drug-likeness (QED) is 0.761. The lowest BCUT2D eigenvalue weighted by atomic mass is 10.0. The van der Waals surface area contributed by atoms with Crippen molar-refractivity contribution in [1.82, 2.24) is 4.90 Å². The second-order valence-corrected chi connectivity index (χ2v) is 5.26. The summed E-state index contributed by atoms with van der Waals surface area (Å²) in [5, 5.41) is 9.30. The fourth-order valence-electron chi connectivity index (χ4n) is 2.58. The first-order chi connectivity index (χ1) is 10.0. The van der Waals surface area contributed by atoms with E-state index in [1.165, 1.54) is 7.11 Å². The number of nitrogens with two attached hydrogens (primary N) is 1. The molecule has 1 amide bonds. The molecule has 114 valence electrons. The van der Waals surface area contributed by atoms with E-state index >= 15 is 0 Å². The van der Waals surface area contributed by atoms with E-state index in [9.17, 15) is 14.7 Å². The largest absolute Gasteiger partial charge is 0.508 e. The van der Waals surface area contributed by atoms with Crippen molar-refractivity contribution < 1.29 is 19.4 Å². The van der Waals surface area contributed by atoms with Crippen LogP contribution < -0.4 is 5.73 Å². The lowest BCUT2D eigenvalue weighted by molar-refractivity contribution is -0.151. The Bertz CT molecular complexity index is 515. The topological polar surface area (TPSA) is 92.9 Å². The van der Waals surface area contributed by atoms with Gasteiger partial charge in [-0.15, -0.1) is 0 Å². The highest BCUT2D eigenvalue weighted by molar-refractivity contribution is 5.86. The maximum absolute atomic E-state index is 12.1. The molecule has 1 heterocycles. The highest BCUT2D eigenvalue weighted by atomic mass is 16.5. The summed E-state index contributed by atoms with van der Waals surface area (Å²) >= 11 is 0. The molecule has 0 spiro atoms. The fourth-order valence-corrected chi connectivity index (χ4v) is 2.58. The number of aromatic hydroxyl groups is 1. The van der Waals surface area contributed by atoms with Crippen LogP contribution in [0.5, 0.6) is 5.75 Å². The molecule has 0 saturated carbocycles. The first-order valence-electron chi connectivity index (χ1n) is 6.90. The molecule has 2 rings (SSSR count). The highest BCUT2D eigenvalue weighted by Gasteiger charge is 2.37. The van der Waals surface area contributed by atoms with Crippen molar-refractivity contribution >= 4 is 11.9 Å². The summed E-state index contributed by atoms with van der Waals surface area (Å²) in [6.07, 6.45) is 0.732. The van der Waals surface area contributed by atoms with Gasteiger partial charge in [0.25, 0.3) is 0 Å². The number of carbonyl (C=O) groups excluding carboxylic acids is 2. The van der Waals surface area contributed by atoms with E-state index in [1.54, 1.807) is 29.2 Å². The van der Waals surface area contributed by atoms with Gasteiger partial charge < -0.3 is 20.5 Å². The number of carbonyl (C=O) groups is 2. The van der Waals surface area contributed by atoms with Gasteiger partial charge in [0.15, 0.2) is 0 Å². The number of hydrogen-bond donors (Lipinski definition) is 2. The van der Waals surface area contributed by atoms with Crippen molar-refractivity contribution in [3.05, 3.63) is 29.8 Å². The zero-order valence-corrected chi connectivity index (χ0v) is 12.0. The average Bonchev–Trinajstić information content (AvgIpc) is 2.87. The lowest BCUT2D eigenvalue weighted by Crippen LogP contribution is -2.44. The van der Waals surface area contributed by atoms with Gasteiger partial charge in [-0.25, -0.2) is 4.79 Å². The summed E-state index contributed by atoms with van der Waals surface area (Å²) in [6.45, 7) is 0.905. The molecule has 1 aromatic rings. The number of phenols is 1. The van der Waals surface area contributed by atoms with Crippen LogP contribution >= 0.6 is 0 Å². The minimum Gasteiger partial charge on any atom is -0.508 e. The van der Waals surface area contributed by atoms with Crippen LogP contribution in [0.1, 0.15) is 12.0 Å². The monoisotopic (exact) mass is 292 g/mol. The van der Waals surface area contributed by atoms with E-state index in [0.29, 0.717) is 25.9 Å². The number of phenolic OH excluding ortho intramolecular Hbond substituents is 1. The van der Waals surface area contributed by atoms with Crippen LogP contribution in [0, 0.1) is 5.92 Å². The number of esters is 1. The van der Waals surface area contributed by atoms with E-state index in [2.05, 4.69) is 0 Å². The number of rotatable bonds is 5. The number of hydrogen-bond acceptors (Lipinski definition) is 5. The molecule has 1 aromatic carbocycles. The average molecular weight is 292 g/mol. The summed E-state index contributed by atoms with van der Waals surface area (Å²) in [6, 6.07) is 5.91. The van der Waals surface area contributed by atoms with Crippen LogP contribution in [-0.4, -0.2) is 48.1 Å². The van der Waals surface area contributed by atoms with Crippen LogP contribution in [0.25, 0.3) is 0 Å². The Morgan fingerprint density at radius 3 is 2.67 bits per heavy atom. The van der Waals surface area contributed by atoms with Gasteiger partial charge in [0.2, 0.25) is 5.91 Å². The molecule has 1 saturated heterocycles. The van der Waals surface area contributed by atoms with Crippen LogP contribution in [0.15, 0.2) is 24.3 Å². The number of methoxy groups -OCH3 is 1. The number of amides is 1. The molecule has 0 aromatic heterocycles. The van der Waals surface area contributed by atoms with Crippen molar-refractivity contribution in [2.45, 2.75) is 18.9 Å². The second-order valence-electron chi connectivity index (χ2n) is 5.26. The Morgan fingerprint density at radius 1 is 1.48 bits per heavy atom. The molecule has 0 radical (unpaired) electrons. The van der Waals surface area contributed by atoms with Gasteiger partial charge in [-0.2, -0.15) is 0 Å². The number of ether oxygens (including phenoxy) is 1. The van der Waals surface area contributed by atoms with Gasteiger partial charge in [-0.3, -0.25) is 4.79 Å². The smallest absolute Gasteiger partial charge is 0.328 e. The molecule has 21 heavy (non-hydrogen) atoms. The molecule has 1 aliphatic rings. The number of benzene rings is 1. The Kier molecular flexibility index (Phi) is 4.80. The van der Waals surface area contributed by atoms with Crippen LogP contribution in [0.3, 0.4) is 0 Å². The third-order valence-electron chi connectivity index (χ3n) is 3.79. The zero-order chi connectivity index (χ0) is 15.4. The molecule has 1 fully saturated rings. The van der Waals surface area contributed by atoms with Crippen molar-refractivity contribution in [1.29, 1.82) is 0 Å². The van der Waals surface area contributed by atoms with E-state index in [0.717, 1.165) is 5.56 Å². The summed E-state index contributed by atoms with van der Waals surface area (Å²) in [5.41, 5.74) is 6.47. The molecule has 0 bridgehead atoms. The van der Waals surface area contributed by atoms with Gasteiger partial charge in [-0.05, 0) is 30.2 Å². The Hall–Kier alpha value is -2.08. The first-order valence-corrected chi connectivity index (χ1v) is 6.90. The van der Waals surface area contributed by atoms with Gasteiger partial charge >= 0.3 is 5.97 Å². The summed E-state index contributed by atoms with van der Waals surface area (Å²) in [7, 11) is 1.31. The Labute approximate surface area is 123 Å². The van der Waals surface area contributed by atoms with Gasteiger partial charge in [0.05, 0.1) is 7.11 Å². The van der Waals surface area contributed by atoms with Crippen molar-refractivity contribution in [3.8, 4) is 5.75 Å². The molecule has 3 N–H and O–H groups in total. The van der Waals surface area contributed by atoms with E-state index in [-0.39, 0.29) is 17.6 Å². The van der Waals surface area contributed by atoms with Crippen LogP contribution in [-0.2, 0) is 20.7 Å². The molecule has 6 heteroatoms. The van der Waals surface area contributed by atoms with Gasteiger partial charge in [0.1, 0.15) is 11.8 Å². The third kappa shape index (κ3) is 3.52. The Morgan fingerprint density at radius 2 is 2.14 bits per heavy atom. The summed E-state index contributed by atoms with van der Waals surface area (Å²) in [5.74, 6) is -0.257. The molecule has 6 nitrogen and oxygen atoms in total. The molecule has 0 aliphatic carbocycles. The zero-order valence-electron chi connectivity index (χ0n) is 12.0. The van der Waals surface area contributed by atoms with Crippen molar-refractivity contribution in [3.63, 3.8) is 0 Å². The predicted molar refractivity (Wildman–Crippen MR) is 76.5 cm³/mol. The maximum Gasteiger partial charge on any atom is 0.328 e. The summed E-state index contributed by atoms with van der Waals surface area (Å²) in [4.78, 5) is 25.6. The second kappa shape index (κ2) is 6.58. The molecule has 2 atom stereocenters. The fraction of sp³-hybridized carbons (Fsp3) is 0.467. The third-order valence-corrected chi connectivity index (χ3v) is 3.79. The minimum atomic E-state index is -0.649. The normalized spacial score (nSPS) is 19.6.